The first-order valence-electron chi connectivity index (χ1n) is 4.40. The average molecular weight is 194 g/mol. The van der Waals surface area contributed by atoms with E-state index in [2.05, 4.69) is 0 Å². The molecule has 0 aliphatic rings. The topological polar surface area (TPSA) is 79.3 Å². The Morgan fingerprint density at radius 2 is 2.21 bits per heavy atom. The monoisotopic (exact) mass is 194 g/mol. The van der Waals surface area contributed by atoms with Crippen LogP contribution in [0, 0.1) is 5.41 Å². The molecule has 0 saturated carbocycles. The molecule has 1 rings (SSSR count). The van der Waals surface area contributed by atoms with Gasteiger partial charge in [-0.25, -0.2) is 0 Å². The molecule has 0 bridgehead atoms. The second-order valence-corrected chi connectivity index (χ2v) is 2.83. The van der Waals surface area contributed by atoms with Crippen molar-refractivity contribution >= 4 is 5.84 Å². The van der Waals surface area contributed by atoms with Gasteiger partial charge in [-0.05, 0) is 13.0 Å². The number of hydrogen-bond acceptors (Lipinski definition) is 3. The lowest BCUT2D eigenvalue weighted by Crippen LogP contribution is -2.20. The maximum Gasteiger partial charge on any atom is 0.139 e. The van der Waals surface area contributed by atoms with Gasteiger partial charge in [0.1, 0.15) is 17.7 Å². The molecule has 0 aromatic heterocycles. The maximum absolute atomic E-state index is 9.58. The van der Waals surface area contributed by atoms with E-state index < -0.39 is 6.10 Å². The largest absolute Gasteiger partial charge is 0.493 e. The predicted molar refractivity (Wildman–Crippen MR) is 54.5 cm³/mol. The molecule has 4 nitrogen and oxygen atoms in total. The maximum atomic E-state index is 9.58. The Balaban J connectivity index is 3.00. The van der Waals surface area contributed by atoms with Crippen LogP contribution in [0.25, 0.3) is 0 Å². The van der Waals surface area contributed by atoms with E-state index in [1.54, 1.807) is 24.3 Å². The first kappa shape index (κ1) is 10.5. The number of rotatable bonds is 4. The normalized spacial score (nSPS) is 12.1. The summed E-state index contributed by atoms with van der Waals surface area (Å²) in [6, 6.07) is 7.01. The standard InChI is InChI=1S/C10H14N2O2/c1-2-14-8-6-4-3-5-7(8)9(13)10(11)12/h3-6,9,13H,2H2,1H3,(H3,11,12). The van der Waals surface area contributed by atoms with Crippen LogP contribution in [0.4, 0.5) is 0 Å². The fourth-order valence-electron chi connectivity index (χ4n) is 1.16. The third-order valence-electron chi connectivity index (χ3n) is 1.81. The van der Waals surface area contributed by atoms with E-state index in [0.717, 1.165) is 0 Å². The van der Waals surface area contributed by atoms with Gasteiger partial charge in [0, 0.05) is 5.56 Å². The highest BCUT2D eigenvalue weighted by atomic mass is 16.5. The van der Waals surface area contributed by atoms with Crippen LogP contribution >= 0.6 is 0 Å². The third-order valence-corrected chi connectivity index (χ3v) is 1.81. The van der Waals surface area contributed by atoms with Crippen molar-refractivity contribution in [2.24, 2.45) is 5.73 Å². The summed E-state index contributed by atoms with van der Waals surface area (Å²) in [5, 5.41) is 16.7. The summed E-state index contributed by atoms with van der Waals surface area (Å²) in [6.45, 7) is 2.37. The highest BCUT2D eigenvalue weighted by Gasteiger charge is 2.14. The molecule has 0 aliphatic carbocycles. The van der Waals surface area contributed by atoms with Crippen LogP contribution < -0.4 is 10.5 Å². The zero-order valence-electron chi connectivity index (χ0n) is 8.03. The lowest BCUT2D eigenvalue weighted by molar-refractivity contribution is 0.235. The fraction of sp³-hybridized carbons (Fsp3) is 0.300. The van der Waals surface area contributed by atoms with Gasteiger partial charge in [0.05, 0.1) is 6.61 Å². The van der Waals surface area contributed by atoms with Crippen molar-refractivity contribution in [3.8, 4) is 5.75 Å². The number of hydrogen-bond donors (Lipinski definition) is 3. The third kappa shape index (κ3) is 2.23. The van der Waals surface area contributed by atoms with Crippen molar-refractivity contribution in [3.63, 3.8) is 0 Å². The van der Waals surface area contributed by atoms with Gasteiger partial charge in [-0.3, -0.25) is 5.41 Å². The van der Waals surface area contributed by atoms with Crippen LogP contribution in [0.3, 0.4) is 0 Å². The van der Waals surface area contributed by atoms with E-state index in [1.165, 1.54) is 0 Å². The van der Waals surface area contributed by atoms with Crippen LogP contribution in [0.5, 0.6) is 5.75 Å². The molecule has 1 atom stereocenters. The molecule has 0 fully saturated rings. The smallest absolute Gasteiger partial charge is 0.139 e. The molecule has 1 aromatic rings. The lowest BCUT2D eigenvalue weighted by Gasteiger charge is -2.13. The van der Waals surface area contributed by atoms with Gasteiger partial charge in [0.2, 0.25) is 0 Å². The number of para-hydroxylation sites is 1. The van der Waals surface area contributed by atoms with Crippen molar-refractivity contribution in [1.82, 2.24) is 0 Å². The molecule has 0 amide bonds. The Bertz CT molecular complexity index is 326. The van der Waals surface area contributed by atoms with Crippen LogP contribution in [0.15, 0.2) is 24.3 Å². The Morgan fingerprint density at radius 3 is 2.79 bits per heavy atom. The number of amidine groups is 1. The zero-order chi connectivity index (χ0) is 10.6. The Kier molecular flexibility index (Phi) is 3.48. The Hall–Kier alpha value is -1.55. The first-order chi connectivity index (χ1) is 6.66. The van der Waals surface area contributed by atoms with Crippen molar-refractivity contribution < 1.29 is 9.84 Å². The second-order valence-electron chi connectivity index (χ2n) is 2.83. The number of nitrogens with two attached hydrogens (primary N) is 1. The molecule has 0 saturated heterocycles. The van der Waals surface area contributed by atoms with Gasteiger partial charge < -0.3 is 15.6 Å². The zero-order valence-corrected chi connectivity index (χ0v) is 8.03. The molecule has 76 valence electrons. The molecule has 0 aliphatic heterocycles. The molecule has 4 N–H and O–H groups in total. The molecular weight excluding hydrogens is 180 g/mol. The number of aliphatic hydroxyl groups excluding tert-OH is 1. The van der Waals surface area contributed by atoms with Gasteiger partial charge >= 0.3 is 0 Å². The number of ether oxygens (including phenoxy) is 1. The van der Waals surface area contributed by atoms with Crippen molar-refractivity contribution in [2.45, 2.75) is 13.0 Å². The lowest BCUT2D eigenvalue weighted by atomic mass is 10.1. The molecule has 0 radical (unpaired) electrons. The Morgan fingerprint density at radius 1 is 1.57 bits per heavy atom. The van der Waals surface area contributed by atoms with Crippen LogP contribution in [0.2, 0.25) is 0 Å². The number of nitrogens with one attached hydrogen (secondary N) is 1. The molecule has 14 heavy (non-hydrogen) atoms. The van der Waals surface area contributed by atoms with Gasteiger partial charge in [-0.1, -0.05) is 18.2 Å². The van der Waals surface area contributed by atoms with Crippen LogP contribution in [0.1, 0.15) is 18.6 Å². The van der Waals surface area contributed by atoms with Crippen molar-refractivity contribution in [2.75, 3.05) is 6.61 Å². The molecule has 0 heterocycles. The second kappa shape index (κ2) is 4.62. The van der Waals surface area contributed by atoms with Crippen molar-refractivity contribution in [1.29, 1.82) is 5.41 Å². The predicted octanol–water partition coefficient (Wildman–Crippen LogP) is 1.05. The summed E-state index contributed by atoms with van der Waals surface area (Å²) < 4.78 is 5.30. The molecule has 4 heteroatoms. The minimum absolute atomic E-state index is 0.280. The van der Waals surface area contributed by atoms with Gasteiger partial charge in [0.25, 0.3) is 0 Å². The molecule has 1 unspecified atom stereocenters. The van der Waals surface area contributed by atoms with E-state index in [4.69, 9.17) is 15.9 Å². The minimum atomic E-state index is -1.09. The number of aliphatic hydroxyl groups is 1. The van der Waals surface area contributed by atoms with Crippen LogP contribution in [-0.4, -0.2) is 17.5 Å². The quantitative estimate of drug-likeness (QED) is 0.495. The van der Waals surface area contributed by atoms with E-state index in [1.807, 2.05) is 6.92 Å². The van der Waals surface area contributed by atoms with E-state index in [-0.39, 0.29) is 5.84 Å². The SMILES string of the molecule is CCOc1ccccc1C(O)C(=N)N. The van der Waals surface area contributed by atoms with E-state index in [9.17, 15) is 5.11 Å². The fourth-order valence-corrected chi connectivity index (χ4v) is 1.16. The minimum Gasteiger partial charge on any atom is -0.493 e. The van der Waals surface area contributed by atoms with Crippen LogP contribution in [-0.2, 0) is 0 Å². The van der Waals surface area contributed by atoms with Gasteiger partial charge in [-0.2, -0.15) is 0 Å². The highest BCUT2D eigenvalue weighted by Crippen LogP contribution is 2.24. The van der Waals surface area contributed by atoms with Gasteiger partial charge in [0.15, 0.2) is 0 Å². The summed E-state index contributed by atoms with van der Waals surface area (Å²) in [4.78, 5) is 0. The average Bonchev–Trinajstić information content (AvgIpc) is 2.18. The summed E-state index contributed by atoms with van der Waals surface area (Å²) >= 11 is 0. The van der Waals surface area contributed by atoms with Crippen molar-refractivity contribution in [3.05, 3.63) is 29.8 Å². The van der Waals surface area contributed by atoms with E-state index >= 15 is 0 Å². The molecule has 1 aromatic carbocycles. The van der Waals surface area contributed by atoms with E-state index in [0.29, 0.717) is 17.9 Å². The van der Waals surface area contributed by atoms with Gasteiger partial charge in [-0.15, -0.1) is 0 Å². The number of benzene rings is 1. The first-order valence-corrected chi connectivity index (χ1v) is 4.40. The summed E-state index contributed by atoms with van der Waals surface area (Å²) in [5.74, 6) is 0.287. The summed E-state index contributed by atoms with van der Waals surface area (Å²) in [5.41, 5.74) is 5.74. The summed E-state index contributed by atoms with van der Waals surface area (Å²) in [7, 11) is 0. The Labute approximate surface area is 82.8 Å². The molecule has 0 spiro atoms. The molecular formula is C10H14N2O2. The highest BCUT2D eigenvalue weighted by molar-refractivity contribution is 5.83. The summed E-state index contributed by atoms with van der Waals surface area (Å²) in [6.07, 6.45) is -1.09.